The molecule has 3 rings (SSSR count). The maximum atomic E-state index is 12.4. The van der Waals surface area contributed by atoms with E-state index >= 15 is 0 Å². The van der Waals surface area contributed by atoms with Gasteiger partial charge < -0.3 is 14.4 Å². The van der Waals surface area contributed by atoms with Gasteiger partial charge in [-0.2, -0.15) is 4.98 Å². The lowest BCUT2D eigenvalue weighted by molar-refractivity contribution is -0.274. The number of methoxy groups -OCH3 is 1. The molecule has 28 heavy (non-hydrogen) atoms. The van der Waals surface area contributed by atoms with Crippen molar-refractivity contribution in [2.24, 2.45) is 0 Å². The van der Waals surface area contributed by atoms with E-state index in [0.717, 1.165) is 31.5 Å². The molecule has 0 aliphatic carbocycles. The van der Waals surface area contributed by atoms with Crippen LogP contribution in [-0.4, -0.2) is 54.5 Å². The standard InChI is InChI=1S/C19H23F3N4O2/c1-25(18-23-9-8-17(24-18)27-2)15-6-4-10-26(13-15)12-14-5-3-7-16(11-14)28-19(20,21)22/h3,5,7-9,11,15H,4,6,10,12-13H2,1-2H3. The number of alkyl halides is 3. The lowest BCUT2D eigenvalue weighted by atomic mass is 10.0. The van der Waals surface area contributed by atoms with Crippen LogP contribution in [0, 0.1) is 0 Å². The summed E-state index contributed by atoms with van der Waals surface area (Å²) < 4.78 is 46.5. The zero-order chi connectivity index (χ0) is 20.1. The van der Waals surface area contributed by atoms with Crippen LogP contribution in [0.1, 0.15) is 18.4 Å². The first-order valence-electron chi connectivity index (χ1n) is 9.01. The Balaban J connectivity index is 1.64. The first-order chi connectivity index (χ1) is 13.3. The zero-order valence-electron chi connectivity index (χ0n) is 15.8. The Bertz CT molecular complexity index is 788. The van der Waals surface area contributed by atoms with Crippen LogP contribution in [0.5, 0.6) is 11.6 Å². The third kappa shape index (κ3) is 5.48. The number of ether oxygens (including phenoxy) is 2. The summed E-state index contributed by atoms with van der Waals surface area (Å²) in [5.41, 5.74) is 0.780. The monoisotopic (exact) mass is 396 g/mol. The van der Waals surface area contributed by atoms with Gasteiger partial charge >= 0.3 is 6.36 Å². The molecule has 2 heterocycles. The van der Waals surface area contributed by atoms with Gasteiger partial charge in [0.2, 0.25) is 11.8 Å². The van der Waals surface area contributed by atoms with E-state index in [-0.39, 0.29) is 11.8 Å². The molecule has 1 aliphatic rings. The minimum atomic E-state index is -4.69. The molecular weight excluding hydrogens is 373 g/mol. The molecule has 1 saturated heterocycles. The maximum absolute atomic E-state index is 12.4. The third-order valence-corrected chi connectivity index (χ3v) is 4.71. The Hall–Kier alpha value is -2.55. The number of hydrogen-bond acceptors (Lipinski definition) is 6. The largest absolute Gasteiger partial charge is 0.573 e. The van der Waals surface area contributed by atoms with E-state index in [9.17, 15) is 13.2 Å². The van der Waals surface area contributed by atoms with Crippen molar-refractivity contribution in [3.05, 3.63) is 42.1 Å². The van der Waals surface area contributed by atoms with E-state index < -0.39 is 6.36 Å². The fourth-order valence-corrected chi connectivity index (χ4v) is 3.37. The lowest BCUT2D eigenvalue weighted by Crippen LogP contribution is -2.46. The van der Waals surface area contributed by atoms with Crippen LogP contribution in [0.25, 0.3) is 0 Å². The van der Waals surface area contributed by atoms with Gasteiger partial charge in [-0.15, -0.1) is 13.2 Å². The van der Waals surface area contributed by atoms with Crippen molar-refractivity contribution in [1.82, 2.24) is 14.9 Å². The average Bonchev–Trinajstić information content (AvgIpc) is 2.66. The van der Waals surface area contributed by atoms with Gasteiger partial charge in [0, 0.05) is 38.4 Å². The summed E-state index contributed by atoms with van der Waals surface area (Å²) in [5.74, 6) is 0.901. The second-order valence-corrected chi connectivity index (χ2v) is 6.74. The Morgan fingerprint density at radius 1 is 1.29 bits per heavy atom. The summed E-state index contributed by atoms with van der Waals surface area (Å²) in [6, 6.07) is 8.03. The maximum Gasteiger partial charge on any atom is 0.573 e. The van der Waals surface area contributed by atoms with Gasteiger partial charge in [0.1, 0.15) is 5.75 Å². The zero-order valence-corrected chi connectivity index (χ0v) is 15.8. The van der Waals surface area contributed by atoms with Crippen LogP contribution in [0.3, 0.4) is 0 Å². The van der Waals surface area contributed by atoms with Crippen LogP contribution < -0.4 is 14.4 Å². The second-order valence-electron chi connectivity index (χ2n) is 6.74. The molecule has 1 aromatic heterocycles. The molecule has 0 bridgehead atoms. The van der Waals surface area contributed by atoms with Crippen molar-refractivity contribution >= 4 is 5.95 Å². The fourth-order valence-electron chi connectivity index (χ4n) is 3.37. The van der Waals surface area contributed by atoms with Gasteiger partial charge in [-0.1, -0.05) is 12.1 Å². The molecule has 0 radical (unpaired) electrons. The molecule has 152 valence electrons. The number of piperidine rings is 1. The summed E-state index contributed by atoms with van der Waals surface area (Å²) in [6.07, 6.45) is -1.05. The molecule has 9 heteroatoms. The second kappa shape index (κ2) is 8.64. The van der Waals surface area contributed by atoms with Crippen LogP contribution in [-0.2, 0) is 6.54 Å². The molecule has 1 aromatic carbocycles. The summed E-state index contributed by atoms with van der Waals surface area (Å²) in [5, 5.41) is 0. The Morgan fingerprint density at radius 3 is 2.86 bits per heavy atom. The van der Waals surface area contributed by atoms with Gasteiger partial charge in [-0.25, -0.2) is 4.98 Å². The quantitative estimate of drug-likeness (QED) is 0.745. The number of anilines is 1. The predicted molar refractivity (Wildman–Crippen MR) is 98.4 cm³/mol. The number of nitrogens with zero attached hydrogens (tertiary/aromatic N) is 4. The van der Waals surface area contributed by atoms with Crippen LogP contribution in [0.2, 0.25) is 0 Å². The Labute approximate surface area is 161 Å². The van der Waals surface area contributed by atoms with E-state index in [4.69, 9.17) is 4.74 Å². The molecule has 1 atom stereocenters. The Morgan fingerprint density at radius 2 is 2.11 bits per heavy atom. The molecule has 6 nitrogen and oxygen atoms in total. The highest BCUT2D eigenvalue weighted by atomic mass is 19.4. The van der Waals surface area contributed by atoms with Crippen LogP contribution >= 0.6 is 0 Å². The SMILES string of the molecule is COc1ccnc(N(C)C2CCCN(Cc3cccc(OC(F)(F)F)c3)C2)n1. The van der Waals surface area contributed by atoms with E-state index in [0.29, 0.717) is 18.4 Å². The van der Waals surface area contributed by atoms with Crippen molar-refractivity contribution in [2.45, 2.75) is 31.8 Å². The van der Waals surface area contributed by atoms with Gasteiger partial charge in [0.15, 0.2) is 0 Å². The van der Waals surface area contributed by atoms with Crippen molar-refractivity contribution in [1.29, 1.82) is 0 Å². The number of likely N-dealkylation sites (tertiary alicyclic amines) is 1. The highest BCUT2D eigenvalue weighted by Gasteiger charge is 2.31. The van der Waals surface area contributed by atoms with E-state index in [2.05, 4.69) is 19.6 Å². The van der Waals surface area contributed by atoms with Crippen molar-refractivity contribution in [3.63, 3.8) is 0 Å². The lowest BCUT2D eigenvalue weighted by Gasteiger charge is -2.37. The number of aromatic nitrogens is 2. The minimum absolute atomic E-state index is 0.194. The average molecular weight is 396 g/mol. The molecule has 0 spiro atoms. The highest BCUT2D eigenvalue weighted by molar-refractivity contribution is 5.33. The van der Waals surface area contributed by atoms with Gasteiger partial charge in [0.25, 0.3) is 0 Å². The van der Waals surface area contributed by atoms with E-state index in [1.54, 1.807) is 25.4 Å². The highest BCUT2D eigenvalue weighted by Crippen LogP contribution is 2.25. The van der Waals surface area contributed by atoms with Crippen molar-refractivity contribution < 1.29 is 22.6 Å². The summed E-state index contributed by atoms with van der Waals surface area (Å²) >= 11 is 0. The van der Waals surface area contributed by atoms with Gasteiger partial charge in [-0.05, 0) is 37.1 Å². The van der Waals surface area contributed by atoms with Crippen LogP contribution in [0.4, 0.5) is 19.1 Å². The molecule has 1 unspecified atom stereocenters. The predicted octanol–water partition coefficient (Wildman–Crippen LogP) is 3.48. The summed E-state index contributed by atoms with van der Waals surface area (Å²) in [7, 11) is 3.51. The molecule has 1 aliphatic heterocycles. The van der Waals surface area contributed by atoms with Crippen molar-refractivity contribution in [3.8, 4) is 11.6 Å². The smallest absolute Gasteiger partial charge is 0.481 e. The number of benzene rings is 1. The first-order valence-corrected chi connectivity index (χ1v) is 9.01. The summed E-state index contributed by atoms with van der Waals surface area (Å²) in [4.78, 5) is 12.9. The van der Waals surface area contributed by atoms with Gasteiger partial charge in [-0.3, -0.25) is 4.90 Å². The van der Waals surface area contributed by atoms with E-state index in [1.165, 1.54) is 12.1 Å². The first kappa shape index (κ1) is 20.2. The molecule has 1 fully saturated rings. The molecular formula is C19H23F3N4O2. The number of likely N-dealkylation sites (N-methyl/N-ethyl adjacent to an activating group) is 1. The normalized spacial score (nSPS) is 18.0. The van der Waals surface area contributed by atoms with Crippen LogP contribution in [0.15, 0.2) is 36.5 Å². The topological polar surface area (TPSA) is 50.7 Å². The molecule has 0 N–H and O–H groups in total. The number of hydrogen-bond donors (Lipinski definition) is 0. The molecule has 0 saturated carbocycles. The number of halogens is 3. The molecule has 2 aromatic rings. The summed E-state index contributed by atoms with van der Waals surface area (Å²) in [6.45, 7) is 2.20. The Kier molecular flexibility index (Phi) is 6.23. The van der Waals surface area contributed by atoms with Crippen molar-refractivity contribution in [2.75, 3.05) is 32.1 Å². The van der Waals surface area contributed by atoms with Gasteiger partial charge in [0.05, 0.1) is 7.11 Å². The molecule has 0 amide bonds. The third-order valence-electron chi connectivity index (χ3n) is 4.71. The minimum Gasteiger partial charge on any atom is -0.481 e. The number of rotatable bonds is 6. The fraction of sp³-hybridized carbons (Fsp3) is 0.474. The van der Waals surface area contributed by atoms with E-state index in [1.807, 2.05) is 18.0 Å².